The molecule has 1 saturated carbocycles. The first kappa shape index (κ1) is 18.1. The van der Waals surface area contributed by atoms with E-state index >= 15 is 0 Å². The number of ether oxygens (including phenoxy) is 3. The summed E-state index contributed by atoms with van der Waals surface area (Å²) in [5, 5.41) is 0. The van der Waals surface area contributed by atoms with Crippen LogP contribution in [0.15, 0.2) is 24.8 Å². The molecule has 0 bridgehead atoms. The molecule has 0 radical (unpaired) electrons. The summed E-state index contributed by atoms with van der Waals surface area (Å²) in [4.78, 5) is 11.6. The van der Waals surface area contributed by atoms with Crippen LogP contribution in [0.25, 0.3) is 0 Å². The molecule has 0 aromatic carbocycles. The molecule has 0 amide bonds. The molecule has 23 heavy (non-hydrogen) atoms. The van der Waals surface area contributed by atoms with Crippen LogP contribution in [0.1, 0.15) is 38.5 Å². The summed E-state index contributed by atoms with van der Waals surface area (Å²) in [6.07, 6.45) is 3.81. The Morgan fingerprint density at radius 1 is 1.17 bits per heavy atom. The average molecular weight is 330 g/mol. The predicted molar refractivity (Wildman–Crippen MR) is 80.8 cm³/mol. The minimum Gasteiger partial charge on any atom is -0.462 e. The molecule has 4 nitrogen and oxygen atoms in total. The first-order valence-electron chi connectivity index (χ1n) is 8.15. The molecule has 2 rings (SSSR count). The minimum absolute atomic E-state index is 0.00490. The third-order valence-corrected chi connectivity index (χ3v) is 4.33. The van der Waals surface area contributed by atoms with Gasteiger partial charge < -0.3 is 14.2 Å². The first-order chi connectivity index (χ1) is 11.1. The molecular weight excluding hydrogens is 306 g/mol. The standard InChI is InChI=1S/C17H24F2O4/c1-2-12-10-21-17(22-11-12)13-6-8-14(9-7-13)23-16(20)5-3-4-15(18)19/h2,4,12-14,17H,1,3,5-11H2. The van der Waals surface area contributed by atoms with Gasteiger partial charge in [0, 0.05) is 18.3 Å². The maximum atomic E-state index is 11.9. The van der Waals surface area contributed by atoms with E-state index in [2.05, 4.69) is 6.58 Å². The Morgan fingerprint density at radius 3 is 2.39 bits per heavy atom. The number of carbonyl (C=O) groups is 1. The van der Waals surface area contributed by atoms with Gasteiger partial charge in [0.05, 0.1) is 13.2 Å². The Kier molecular flexibility index (Phi) is 7.17. The van der Waals surface area contributed by atoms with Crippen molar-refractivity contribution in [1.29, 1.82) is 0 Å². The summed E-state index contributed by atoms with van der Waals surface area (Å²) in [6, 6.07) is 0. The van der Waals surface area contributed by atoms with Crippen LogP contribution >= 0.6 is 0 Å². The number of allylic oxidation sites excluding steroid dienone is 1. The maximum absolute atomic E-state index is 11.9. The topological polar surface area (TPSA) is 44.8 Å². The summed E-state index contributed by atoms with van der Waals surface area (Å²) in [5.74, 6) is 0.163. The Bertz CT molecular complexity index is 418. The van der Waals surface area contributed by atoms with E-state index in [0.717, 1.165) is 31.8 Å². The first-order valence-corrected chi connectivity index (χ1v) is 8.15. The second kappa shape index (κ2) is 9.13. The predicted octanol–water partition coefficient (Wildman–Crippen LogP) is 3.82. The van der Waals surface area contributed by atoms with Crippen molar-refractivity contribution >= 4 is 5.97 Å². The van der Waals surface area contributed by atoms with E-state index in [1.165, 1.54) is 0 Å². The van der Waals surface area contributed by atoms with Crippen molar-refractivity contribution in [1.82, 2.24) is 0 Å². The Hall–Kier alpha value is -1.27. The quantitative estimate of drug-likeness (QED) is 0.548. The van der Waals surface area contributed by atoms with Gasteiger partial charge in [0.2, 0.25) is 0 Å². The lowest BCUT2D eigenvalue weighted by Crippen LogP contribution is -2.39. The maximum Gasteiger partial charge on any atom is 0.306 e. The molecule has 2 fully saturated rings. The zero-order valence-corrected chi connectivity index (χ0v) is 13.2. The second-order valence-electron chi connectivity index (χ2n) is 6.09. The summed E-state index contributed by atoms with van der Waals surface area (Å²) in [5.41, 5.74) is 0. The van der Waals surface area contributed by atoms with E-state index in [1.54, 1.807) is 0 Å². The van der Waals surface area contributed by atoms with Gasteiger partial charge in [-0.05, 0) is 38.2 Å². The smallest absolute Gasteiger partial charge is 0.306 e. The van der Waals surface area contributed by atoms with Crippen molar-refractivity contribution in [2.75, 3.05) is 13.2 Å². The van der Waals surface area contributed by atoms with Crippen LogP contribution in [0.4, 0.5) is 8.78 Å². The highest BCUT2D eigenvalue weighted by Gasteiger charge is 2.32. The highest BCUT2D eigenvalue weighted by atomic mass is 19.3. The molecule has 1 saturated heterocycles. The monoisotopic (exact) mass is 330 g/mol. The lowest BCUT2D eigenvalue weighted by Gasteiger charge is -2.36. The van der Waals surface area contributed by atoms with E-state index in [0.29, 0.717) is 19.1 Å². The lowest BCUT2D eigenvalue weighted by atomic mass is 9.86. The molecule has 130 valence electrons. The van der Waals surface area contributed by atoms with Gasteiger partial charge in [0.25, 0.3) is 6.08 Å². The number of esters is 1. The van der Waals surface area contributed by atoms with Gasteiger partial charge >= 0.3 is 5.97 Å². The van der Waals surface area contributed by atoms with Crippen molar-refractivity contribution in [3.8, 4) is 0 Å². The molecule has 1 aliphatic carbocycles. The number of carbonyl (C=O) groups excluding carboxylic acids is 1. The van der Waals surface area contributed by atoms with Crippen molar-refractivity contribution in [3.63, 3.8) is 0 Å². The zero-order chi connectivity index (χ0) is 16.7. The van der Waals surface area contributed by atoms with Gasteiger partial charge in [-0.1, -0.05) is 6.08 Å². The van der Waals surface area contributed by atoms with Crippen LogP contribution in [0.2, 0.25) is 0 Å². The van der Waals surface area contributed by atoms with Gasteiger partial charge in [0.15, 0.2) is 6.29 Å². The normalized spacial score (nSPS) is 31.2. The van der Waals surface area contributed by atoms with Gasteiger partial charge in [-0.2, -0.15) is 8.78 Å². The molecule has 0 unspecified atom stereocenters. The van der Waals surface area contributed by atoms with Crippen molar-refractivity contribution < 1.29 is 27.8 Å². The van der Waals surface area contributed by atoms with Crippen LogP contribution in [-0.2, 0) is 19.0 Å². The SMILES string of the molecule is C=CC1COC(C2CCC(OC(=O)CCC=C(F)F)CC2)OC1. The Labute approximate surface area is 135 Å². The molecule has 6 heteroatoms. The molecule has 0 atom stereocenters. The molecule has 0 spiro atoms. The molecule has 0 aromatic heterocycles. The Morgan fingerprint density at radius 2 is 1.83 bits per heavy atom. The lowest BCUT2D eigenvalue weighted by molar-refractivity contribution is -0.224. The molecule has 0 N–H and O–H groups in total. The van der Waals surface area contributed by atoms with Gasteiger partial charge in [-0.3, -0.25) is 4.79 Å². The number of hydrogen-bond donors (Lipinski definition) is 0. The fourth-order valence-corrected chi connectivity index (χ4v) is 2.96. The van der Waals surface area contributed by atoms with Crippen LogP contribution in [0.3, 0.4) is 0 Å². The fraction of sp³-hybridized carbons (Fsp3) is 0.706. The van der Waals surface area contributed by atoms with Crippen LogP contribution in [0, 0.1) is 11.8 Å². The summed E-state index contributed by atoms with van der Waals surface area (Å²) in [7, 11) is 0. The summed E-state index contributed by atoms with van der Waals surface area (Å²) >= 11 is 0. The molecule has 2 aliphatic rings. The number of rotatable bonds is 6. The summed E-state index contributed by atoms with van der Waals surface area (Å²) < 4.78 is 40.6. The number of halogens is 2. The van der Waals surface area contributed by atoms with Gasteiger partial charge in [-0.15, -0.1) is 6.58 Å². The van der Waals surface area contributed by atoms with Gasteiger partial charge in [0.1, 0.15) is 6.10 Å². The van der Waals surface area contributed by atoms with E-state index in [9.17, 15) is 13.6 Å². The zero-order valence-electron chi connectivity index (χ0n) is 13.2. The Balaban J connectivity index is 1.65. The van der Waals surface area contributed by atoms with E-state index < -0.39 is 12.0 Å². The van der Waals surface area contributed by atoms with Crippen molar-refractivity contribution in [3.05, 3.63) is 24.8 Å². The third kappa shape index (κ3) is 6.03. The van der Waals surface area contributed by atoms with Gasteiger partial charge in [-0.25, -0.2) is 0 Å². The highest BCUT2D eigenvalue weighted by Crippen LogP contribution is 2.32. The molecule has 1 aliphatic heterocycles. The van der Waals surface area contributed by atoms with Crippen molar-refractivity contribution in [2.45, 2.75) is 50.9 Å². The van der Waals surface area contributed by atoms with E-state index in [-0.39, 0.29) is 31.2 Å². The largest absolute Gasteiger partial charge is 0.462 e. The van der Waals surface area contributed by atoms with Crippen LogP contribution < -0.4 is 0 Å². The van der Waals surface area contributed by atoms with Crippen molar-refractivity contribution in [2.24, 2.45) is 11.8 Å². The molecule has 0 aromatic rings. The highest BCUT2D eigenvalue weighted by molar-refractivity contribution is 5.69. The van der Waals surface area contributed by atoms with Crippen LogP contribution in [-0.4, -0.2) is 31.6 Å². The summed E-state index contributed by atoms with van der Waals surface area (Å²) in [6.45, 7) is 5.02. The fourth-order valence-electron chi connectivity index (χ4n) is 2.96. The van der Waals surface area contributed by atoms with Crippen LogP contribution in [0.5, 0.6) is 0 Å². The number of hydrogen-bond acceptors (Lipinski definition) is 4. The minimum atomic E-state index is -1.76. The second-order valence-corrected chi connectivity index (χ2v) is 6.09. The average Bonchev–Trinajstić information content (AvgIpc) is 2.55. The van der Waals surface area contributed by atoms with E-state index in [4.69, 9.17) is 14.2 Å². The van der Waals surface area contributed by atoms with E-state index in [1.807, 2.05) is 6.08 Å². The molecular formula is C17H24F2O4. The molecule has 1 heterocycles. The third-order valence-electron chi connectivity index (χ3n) is 4.33.